The maximum Gasteiger partial charge on any atom is 0.226 e. The standard InChI is InChI=1S/C13H24N2OS/c1-9-10(2)17-7-6-15(9)13(16)12-5-3-4-11(12)8-14/h9-12H,3-8,14H2,1-2H3. The van der Waals surface area contributed by atoms with E-state index in [2.05, 4.69) is 18.7 Å². The number of hydrogen-bond donors (Lipinski definition) is 1. The summed E-state index contributed by atoms with van der Waals surface area (Å²) in [4.78, 5) is 14.7. The van der Waals surface area contributed by atoms with Gasteiger partial charge < -0.3 is 10.6 Å². The monoisotopic (exact) mass is 256 g/mol. The van der Waals surface area contributed by atoms with Gasteiger partial charge in [-0.25, -0.2) is 0 Å². The van der Waals surface area contributed by atoms with Crippen LogP contribution in [0.1, 0.15) is 33.1 Å². The van der Waals surface area contributed by atoms with Gasteiger partial charge in [-0.15, -0.1) is 0 Å². The molecular formula is C13H24N2OS. The predicted molar refractivity (Wildman–Crippen MR) is 73.0 cm³/mol. The van der Waals surface area contributed by atoms with Gasteiger partial charge in [-0.3, -0.25) is 4.79 Å². The fourth-order valence-corrected chi connectivity index (χ4v) is 4.20. The molecule has 1 aliphatic carbocycles. The van der Waals surface area contributed by atoms with Gasteiger partial charge in [-0.05, 0) is 32.2 Å². The van der Waals surface area contributed by atoms with E-state index in [4.69, 9.17) is 5.73 Å². The summed E-state index contributed by atoms with van der Waals surface area (Å²) in [6.07, 6.45) is 3.36. The van der Waals surface area contributed by atoms with Crippen molar-refractivity contribution in [2.75, 3.05) is 18.8 Å². The fourth-order valence-electron chi connectivity index (χ4n) is 3.10. The van der Waals surface area contributed by atoms with Gasteiger partial charge in [0.15, 0.2) is 0 Å². The summed E-state index contributed by atoms with van der Waals surface area (Å²) in [6.45, 7) is 6.00. The summed E-state index contributed by atoms with van der Waals surface area (Å²) in [5.74, 6) is 2.09. The summed E-state index contributed by atoms with van der Waals surface area (Å²) in [5.41, 5.74) is 5.78. The Morgan fingerprint density at radius 1 is 1.41 bits per heavy atom. The molecule has 1 amide bonds. The lowest BCUT2D eigenvalue weighted by atomic mass is 9.94. The molecule has 0 aromatic heterocycles. The lowest BCUT2D eigenvalue weighted by Gasteiger charge is -2.39. The summed E-state index contributed by atoms with van der Waals surface area (Å²) in [7, 11) is 0. The Labute approximate surface area is 108 Å². The number of thioether (sulfide) groups is 1. The van der Waals surface area contributed by atoms with Crippen LogP contribution in [-0.4, -0.2) is 40.9 Å². The van der Waals surface area contributed by atoms with Crippen LogP contribution in [0.15, 0.2) is 0 Å². The Morgan fingerprint density at radius 3 is 2.88 bits per heavy atom. The summed E-state index contributed by atoms with van der Waals surface area (Å²) in [6, 6.07) is 0.375. The molecule has 2 fully saturated rings. The van der Waals surface area contributed by atoms with Crippen LogP contribution in [0.4, 0.5) is 0 Å². The second-order valence-corrected chi connectivity index (χ2v) is 6.87. The highest BCUT2D eigenvalue weighted by Gasteiger charge is 2.38. The smallest absolute Gasteiger partial charge is 0.226 e. The zero-order valence-electron chi connectivity index (χ0n) is 10.9. The maximum atomic E-state index is 12.6. The van der Waals surface area contributed by atoms with E-state index >= 15 is 0 Å². The summed E-state index contributed by atoms with van der Waals surface area (Å²) >= 11 is 1.98. The van der Waals surface area contributed by atoms with E-state index in [1.807, 2.05) is 11.8 Å². The van der Waals surface area contributed by atoms with Crippen LogP contribution in [-0.2, 0) is 4.79 Å². The topological polar surface area (TPSA) is 46.3 Å². The lowest BCUT2D eigenvalue weighted by Crippen LogP contribution is -2.51. The van der Waals surface area contributed by atoms with Gasteiger partial charge in [-0.1, -0.05) is 13.3 Å². The quantitative estimate of drug-likeness (QED) is 0.818. The molecule has 17 heavy (non-hydrogen) atoms. The lowest BCUT2D eigenvalue weighted by molar-refractivity contribution is -0.138. The third-order valence-corrected chi connectivity index (χ3v) is 5.78. The second kappa shape index (κ2) is 5.61. The molecule has 1 saturated carbocycles. The Hall–Kier alpha value is -0.220. The van der Waals surface area contributed by atoms with Crippen molar-refractivity contribution in [2.24, 2.45) is 17.6 Å². The van der Waals surface area contributed by atoms with E-state index in [1.165, 1.54) is 6.42 Å². The predicted octanol–water partition coefficient (Wildman–Crippen LogP) is 1.71. The highest BCUT2D eigenvalue weighted by molar-refractivity contribution is 8.00. The van der Waals surface area contributed by atoms with Crippen LogP contribution < -0.4 is 5.73 Å². The molecule has 0 spiro atoms. The molecule has 98 valence electrons. The zero-order chi connectivity index (χ0) is 12.4. The first kappa shape index (κ1) is 13.2. The van der Waals surface area contributed by atoms with Crippen molar-refractivity contribution >= 4 is 17.7 Å². The number of carbonyl (C=O) groups is 1. The molecule has 4 atom stereocenters. The van der Waals surface area contributed by atoms with Crippen molar-refractivity contribution in [3.63, 3.8) is 0 Å². The molecule has 1 aliphatic heterocycles. The van der Waals surface area contributed by atoms with Crippen molar-refractivity contribution in [1.82, 2.24) is 4.90 Å². The van der Waals surface area contributed by atoms with Crippen LogP contribution >= 0.6 is 11.8 Å². The average molecular weight is 256 g/mol. The molecule has 0 aromatic carbocycles. The molecule has 2 N–H and O–H groups in total. The van der Waals surface area contributed by atoms with E-state index in [0.29, 0.717) is 29.7 Å². The average Bonchev–Trinajstić information content (AvgIpc) is 2.80. The molecule has 4 heteroatoms. The zero-order valence-corrected chi connectivity index (χ0v) is 11.7. The van der Waals surface area contributed by atoms with Crippen LogP contribution in [0.2, 0.25) is 0 Å². The number of hydrogen-bond acceptors (Lipinski definition) is 3. The molecule has 0 bridgehead atoms. The molecule has 2 aliphatic rings. The Kier molecular flexibility index (Phi) is 4.36. The highest BCUT2D eigenvalue weighted by Crippen LogP contribution is 2.34. The second-order valence-electron chi connectivity index (χ2n) is 5.38. The Bertz CT molecular complexity index is 285. The van der Waals surface area contributed by atoms with Gasteiger partial charge in [0, 0.05) is 29.5 Å². The summed E-state index contributed by atoms with van der Waals surface area (Å²) < 4.78 is 0. The minimum atomic E-state index is 0.206. The van der Waals surface area contributed by atoms with Crippen LogP contribution in [0.5, 0.6) is 0 Å². The number of amides is 1. The maximum absolute atomic E-state index is 12.6. The van der Waals surface area contributed by atoms with Gasteiger partial charge in [-0.2, -0.15) is 11.8 Å². The molecule has 2 rings (SSSR count). The molecule has 0 radical (unpaired) electrons. The van der Waals surface area contributed by atoms with Crippen molar-refractivity contribution in [3.05, 3.63) is 0 Å². The third kappa shape index (κ3) is 2.63. The molecular weight excluding hydrogens is 232 g/mol. The summed E-state index contributed by atoms with van der Waals surface area (Å²) in [5, 5.41) is 0.561. The molecule has 1 heterocycles. The fraction of sp³-hybridized carbons (Fsp3) is 0.923. The van der Waals surface area contributed by atoms with Crippen molar-refractivity contribution < 1.29 is 4.79 Å². The SMILES string of the molecule is CC1SCCN(C(=O)C2CCCC2CN)C1C. The first-order valence-corrected chi connectivity index (χ1v) is 7.82. The number of nitrogens with zero attached hydrogens (tertiary/aromatic N) is 1. The van der Waals surface area contributed by atoms with Gasteiger partial charge >= 0.3 is 0 Å². The third-order valence-electron chi connectivity index (χ3n) is 4.45. The first-order chi connectivity index (χ1) is 8.15. The van der Waals surface area contributed by atoms with Crippen LogP contribution in [0.3, 0.4) is 0 Å². The molecule has 3 nitrogen and oxygen atoms in total. The van der Waals surface area contributed by atoms with E-state index in [9.17, 15) is 4.79 Å². The minimum absolute atomic E-state index is 0.206. The molecule has 0 aromatic rings. The number of rotatable bonds is 2. The normalized spacial score (nSPS) is 38.4. The van der Waals surface area contributed by atoms with Crippen LogP contribution in [0.25, 0.3) is 0 Å². The van der Waals surface area contributed by atoms with Crippen LogP contribution in [0, 0.1) is 11.8 Å². The van der Waals surface area contributed by atoms with Gasteiger partial charge in [0.1, 0.15) is 0 Å². The Morgan fingerprint density at radius 2 is 2.18 bits per heavy atom. The largest absolute Gasteiger partial charge is 0.338 e. The van der Waals surface area contributed by atoms with E-state index < -0.39 is 0 Å². The van der Waals surface area contributed by atoms with E-state index in [-0.39, 0.29) is 5.92 Å². The van der Waals surface area contributed by atoms with E-state index in [1.54, 1.807) is 0 Å². The Balaban J connectivity index is 2.03. The van der Waals surface area contributed by atoms with Gasteiger partial charge in [0.25, 0.3) is 0 Å². The molecule has 1 saturated heterocycles. The number of carbonyl (C=O) groups excluding carboxylic acids is 1. The van der Waals surface area contributed by atoms with E-state index in [0.717, 1.165) is 25.1 Å². The van der Waals surface area contributed by atoms with Crippen molar-refractivity contribution in [3.8, 4) is 0 Å². The highest BCUT2D eigenvalue weighted by atomic mass is 32.2. The van der Waals surface area contributed by atoms with Gasteiger partial charge in [0.2, 0.25) is 5.91 Å². The number of nitrogens with two attached hydrogens (primary N) is 1. The first-order valence-electron chi connectivity index (χ1n) is 6.77. The molecule has 4 unspecified atom stereocenters. The van der Waals surface area contributed by atoms with Crippen molar-refractivity contribution in [1.29, 1.82) is 0 Å². The van der Waals surface area contributed by atoms with Gasteiger partial charge in [0.05, 0.1) is 0 Å². The minimum Gasteiger partial charge on any atom is -0.338 e. The van der Waals surface area contributed by atoms with Crippen molar-refractivity contribution in [2.45, 2.75) is 44.4 Å².